The van der Waals surface area contributed by atoms with Gasteiger partial charge in [0.2, 0.25) is 0 Å². The number of carbonyl (C=O) groups excluding carboxylic acids is 1. The number of carboxylic acid groups (broad SMARTS) is 1. The molecule has 1 heterocycles. The standard InChI is InChI=1S/C13H15BrN2O5/c1-21-11-3-2-7(14)4-9(11)15-13(20)16-6-8(17)5-10(16)12(18)19/h2-4,8,10,17H,5-6H2,1H3,(H,15,20)(H,18,19)/t8-,10-/m0/s1. The largest absolute Gasteiger partial charge is 0.495 e. The van der Waals surface area contributed by atoms with Crippen LogP contribution in [0.5, 0.6) is 5.75 Å². The Morgan fingerprint density at radius 2 is 2.19 bits per heavy atom. The van der Waals surface area contributed by atoms with Crippen LogP contribution in [0.1, 0.15) is 6.42 Å². The zero-order valence-corrected chi connectivity index (χ0v) is 12.8. The van der Waals surface area contributed by atoms with E-state index in [1.54, 1.807) is 18.2 Å². The molecular formula is C13H15BrN2O5. The molecule has 3 N–H and O–H groups in total. The molecular weight excluding hydrogens is 344 g/mol. The molecule has 1 saturated heterocycles. The van der Waals surface area contributed by atoms with Gasteiger partial charge in [0, 0.05) is 17.4 Å². The molecule has 0 unspecified atom stereocenters. The molecule has 0 aliphatic carbocycles. The summed E-state index contributed by atoms with van der Waals surface area (Å²) in [6.07, 6.45) is -0.806. The highest BCUT2D eigenvalue weighted by Gasteiger charge is 2.39. The van der Waals surface area contributed by atoms with Crippen LogP contribution in [0, 0.1) is 0 Å². The Kier molecular flexibility index (Phi) is 4.69. The molecule has 2 rings (SSSR count). The van der Waals surface area contributed by atoms with E-state index in [9.17, 15) is 14.7 Å². The van der Waals surface area contributed by atoms with Gasteiger partial charge in [-0.3, -0.25) is 0 Å². The van der Waals surface area contributed by atoms with E-state index in [0.29, 0.717) is 11.4 Å². The molecule has 1 aromatic carbocycles. The third-order valence-corrected chi connectivity index (χ3v) is 3.72. The zero-order valence-electron chi connectivity index (χ0n) is 11.2. The van der Waals surface area contributed by atoms with Gasteiger partial charge in [0.15, 0.2) is 0 Å². The number of rotatable bonds is 3. The highest BCUT2D eigenvalue weighted by molar-refractivity contribution is 9.10. The zero-order chi connectivity index (χ0) is 15.6. The molecule has 2 amide bonds. The summed E-state index contributed by atoms with van der Waals surface area (Å²) < 4.78 is 5.88. The lowest BCUT2D eigenvalue weighted by molar-refractivity contribution is -0.141. The Hall–Kier alpha value is -1.80. The second-order valence-corrected chi connectivity index (χ2v) is 5.59. The predicted molar refractivity (Wildman–Crippen MR) is 78.5 cm³/mol. The molecule has 0 saturated carbocycles. The van der Waals surface area contributed by atoms with Crippen molar-refractivity contribution < 1.29 is 24.5 Å². The topological polar surface area (TPSA) is 99.1 Å². The fourth-order valence-corrected chi connectivity index (χ4v) is 2.60. The number of nitrogens with zero attached hydrogens (tertiary/aromatic N) is 1. The number of amides is 2. The Balaban J connectivity index is 2.18. The van der Waals surface area contributed by atoms with E-state index in [4.69, 9.17) is 9.84 Å². The molecule has 0 aromatic heterocycles. The number of β-amino-alcohol motifs (C(OH)–C–C–N with tert-alkyl or cyclic N) is 1. The lowest BCUT2D eigenvalue weighted by atomic mass is 10.2. The van der Waals surface area contributed by atoms with Crippen molar-refractivity contribution in [2.24, 2.45) is 0 Å². The average molecular weight is 359 g/mol. The molecule has 21 heavy (non-hydrogen) atoms. The first-order valence-corrected chi connectivity index (χ1v) is 7.03. The number of aliphatic hydroxyl groups excluding tert-OH is 1. The third kappa shape index (κ3) is 3.45. The van der Waals surface area contributed by atoms with Gasteiger partial charge in [0.05, 0.1) is 18.9 Å². The maximum atomic E-state index is 12.2. The van der Waals surface area contributed by atoms with Crippen LogP contribution < -0.4 is 10.1 Å². The Bertz CT molecular complexity index is 565. The van der Waals surface area contributed by atoms with Gasteiger partial charge in [0.1, 0.15) is 11.8 Å². The molecule has 1 aromatic rings. The summed E-state index contributed by atoms with van der Waals surface area (Å²) in [6.45, 7) is -0.0148. The second-order valence-electron chi connectivity index (χ2n) is 4.67. The van der Waals surface area contributed by atoms with Gasteiger partial charge < -0.3 is 25.2 Å². The quantitative estimate of drug-likeness (QED) is 0.760. The first-order valence-electron chi connectivity index (χ1n) is 6.24. The van der Waals surface area contributed by atoms with Gasteiger partial charge in [-0.1, -0.05) is 15.9 Å². The van der Waals surface area contributed by atoms with E-state index in [2.05, 4.69) is 21.2 Å². The number of benzene rings is 1. The smallest absolute Gasteiger partial charge is 0.326 e. The number of likely N-dealkylation sites (tertiary alicyclic amines) is 1. The normalized spacial score (nSPS) is 21.2. The number of ether oxygens (including phenoxy) is 1. The van der Waals surface area contributed by atoms with E-state index < -0.39 is 24.1 Å². The van der Waals surface area contributed by atoms with Gasteiger partial charge >= 0.3 is 12.0 Å². The van der Waals surface area contributed by atoms with Crippen LogP contribution in [0.4, 0.5) is 10.5 Å². The number of hydrogen-bond acceptors (Lipinski definition) is 4. The van der Waals surface area contributed by atoms with Crippen molar-refractivity contribution in [3.8, 4) is 5.75 Å². The molecule has 1 aliphatic heterocycles. The molecule has 2 atom stereocenters. The number of hydrogen-bond donors (Lipinski definition) is 3. The number of carboxylic acids is 1. The van der Waals surface area contributed by atoms with Crippen molar-refractivity contribution in [2.75, 3.05) is 19.0 Å². The fourth-order valence-electron chi connectivity index (χ4n) is 2.24. The number of methoxy groups -OCH3 is 1. The summed E-state index contributed by atoms with van der Waals surface area (Å²) in [4.78, 5) is 24.5. The number of carbonyl (C=O) groups is 2. The van der Waals surface area contributed by atoms with Crippen LogP contribution in [0.15, 0.2) is 22.7 Å². The van der Waals surface area contributed by atoms with Gasteiger partial charge in [-0.25, -0.2) is 9.59 Å². The SMILES string of the molecule is COc1ccc(Br)cc1NC(=O)N1C[C@@H](O)C[C@H]1C(=O)O. The van der Waals surface area contributed by atoms with Crippen molar-refractivity contribution in [1.29, 1.82) is 0 Å². The predicted octanol–water partition coefficient (Wildman–Crippen LogP) is 1.51. The van der Waals surface area contributed by atoms with Crippen LogP contribution in [-0.2, 0) is 4.79 Å². The summed E-state index contributed by atoms with van der Waals surface area (Å²) >= 11 is 3.29. The monoisotopic (exact) mass is 358 g/mol. The van der Waals surface area contributed by atoms with Crippen LogP contribution in [0.25, 0.3) is 0 Å². The van der Waals surface area contributed by atoms with Crippen molar-refractivity contribution in [2.45, 2.75) is 18.6 Å². The number of halogens is 1. The fraction of sp³-hybridized carbons (Fsp3) is 0.385. The number of urea groups is 1. The Morgan fingerprint density at radius 1 is 1.48 bits per heavy atom. The maximum Gasteiger partial charge on any atom is 0.326 e. The lowest BCUT2D eigenvalue weighted by Gasteiger charge is -2.22. The summed E-state index contributed by atoms with van der Waals surface area (Å²) in [5.74, 6) is -0.680. The number of aliphatic carboxylic acids is 1. The van der Waals surface area contributed by atoms with Crippen molar-refractivity contribution in [1.82, 2.24) is 4.90 Å². The minimum atomic E-state index is -1.14. The minimum absolute atomic E-state index is 0.0148. The first kappa shape index (κ1) is 15.6. The van der Waals surface area contributed by atoms with Gasteiger partial charge in [-0.05, 0) is 18.2 Å². The van der Waals surface area contributed by atoms with Gasteiger partial charge in [-0.15, -0.1) is 0 Å². The Labute approximate surface area is 129 Å². The van der Waals surface area contributed by atoms with Crippen LogP contribution in [-0.4, -0.2) is 52.9 Å². The first-order chi connectivity index (χ1) is 9.92. The molecule has 8 heteroatoms. The molecule has 114 valence electrons. The summed E-state index contributed by atoms with van der Waals surface area (Å²) in [6, 6.07) is 3.47. The average Bonchev–Trinajstić information content (AvgIpc) is 2.81. The van der Waals surface area contributed by atoms with E-state index in [1.807, 2.05) is 0 Å². The summed E-state index contributed by atoms with van der Waals surface area (Å²) in [5, 5.41) is 21.3. The number of aliphatic hydroxyl groups is 1. The van der Waals surface area contributed by atoms with E-state index in [1.165, 1.54) is 7.11 Å². The lowest BCUT2D eigenvalue weighted by Crippen LogP contribution is -2.43. The van der Waals surface area contributed by atoms with Crippen LogP contribution >= 0.6 is 15.9 Å². The van der Waals surface area contributed by atoms with E-state index in [-0.39, 0.29) is 13.0 Å². The van der Waals surface area contributed by atoms with Crippen molar-refractivity contribution in [3.63, 3.8) is 0 Å². The molecule has 1 aliphatic rings. The van der Waals surface area contributed by atoms with Gasteiger partial charge in [-0.2, -0.15) is 0 Å². The van der Waals surface area contributed by atoms with Crippen LogP contribution in [0.2, 0.25) is 0 Å². The molecule has 7 nitrogen and oxygen atoms in total. The van der Waals surface area contributed by atoms with E-state index in [0.717, 1.165) is 9.37 Å². The van der Waals surface area contributed by atoms with Crippen LogP contribution in [0.3, 0.4) is 0 Å². The number of anilines is 1. The molecule has 0 bridgehead atoms. The second kappa shape index (κ2) is 6.31. The molecule has 1 fully saturated rings. The highest BCUT2D eigenvalue weighted by Crippen LogP contribution is 2.29. The maximum absolute atomic E-state index is 12.2. The Morgan fingerprint density at radius 3 is 2.81 bits per heavy atom. The summed E-state index contributed by atoms with van der Waals surface area (Å²) in [5.41, 5.74) is 0.419. The van der Waals surface area contributed by atoms with Crippen molar-refractivity contribution >= 4 is 33.6 Å². The molecule has 0 radical (unpaired) electrons. The molecule has 0 spiro atoms. The van der Waals surface area contributed by atoms with E-state index >= 15 is 0 Å². The minimum Gasteiger partial charge on any atom is -0.495 e. The summed E-state index contributed by atoms with van der Waals surface area (Å²) in [7, 11) is 1.47. The van der Waals surface area contributed by atoms with Crippen molar-refractivity contribution in [3.05, 3.63) is 22.7 Å². The third-order valence-electron chi connectivity index (χ3n) is 3.23. The highest BCUT2D eigenvalue weighted by atomic mass is 79.9. The van der Waals surface area contributed by atoms with Gasteiger partial charge in [0.25, 0.3) is 0 Å². The number of nitrogens with one attached hydrogen (secondary N) is 1.